The molecule has 1 aliphatic carbocycles. The quantitative estimate of drug-likeness (QED) is 0.599. The molecule has 0 radical (unpaired) electrons. The molecule has 12 heavy (non-hydrogen) atoms. The van der Waals surface area contributed by atoms with Gasteiger partial charge in [-0.2, -0.15) is 0 Å². The minimum atomic E-state index is 0.593. The molecule has 1 aromatic rings. The number of pyridine rings is 1. The zero-order valence-corrected chi connectivity index (χ0v) is 7.93. The number of rotatable bonds is 0. The maximum absolute atomic E-state index is 6.10. The molecule has 1 aromatic heterocycles. The molecule has 0 spiro atoms. The van der Waals surface area contributed by atoms with Crippen molar-refractivity contribution in [2.45, 2.75) is 32.1 Å². The smallest absolute Gasteiger partial charge is 0.0474 e. The maximum atomic E-state index is 6.10. The first-order valence-corrected chi connectivity index (χ1v) is 4.80. The third-order valence-corrected chi connectivity index (χ3v) is 2.89. The van der Waals surface area contributed by atoms with Crippen molar-refractivity contribution in [3.63, 3.8) is 0 Å². The molecule has 0 bridgehead atoms. The highest BCUT2D eigenvalue weighted by molar-refractivity contribution is 6.31. The van der Waals surface area contributed by atoms with Gasteiger partial charge in [-0.3, -0.25) is 4.98 Å². The monoisotopic (exact) mass is 181 g/mol. The maximum Gasteiger partial charge on any atom is 0.0474 e. The second-order valence-electron chi connectivity index (χ2n) is 3.45. The summed E-state index contributed by atoms with van der Waals surface area (Å²) in [5.41, 5.74) is 2.49. The number of fused-ring (bicyclic) bond motifs is 1. The van der Waals surface area contributed by atoms with Crippen LogP contribution in [0, 0.1) is 0 Å². The van der Waals surface area contributed by atoms with E-state index in [1.54, 1.807) is 6.20 Å². The average Bonchev–Trinajstić information content (AvgIpc) is 2.04. The highest BCUT2D eigenvalue weighted by Crippen LogP contribution is 2.34. The van der Waals surface area contributed by atoms with E-state index in [9.17, 15) is 0 Å². The second kappa shape index (κ2) is 3.06. The average molecular weight is 182 g/mol. The lowest BCUT2D eigenvalue weighted by Crippen LogP contribution is -2.09. The van der Waals surface area contributed by atoms with Crippen molar-refractivity contribution in [1.82, 2.24) is 4.98 Å². The molecule has 0 N–H and O–H groups in total. The van der Waals surface area contributed by atoms with Crippen molar-refractivity contribution < 1.29 is 0 Å². The largest absolute Gasteiger partial charge is 0.261 e. The SMILES string of the molecule is C[C@H]1CCCc2nccc(Cl)c21. The minimum absolute atomic E-state index is 0.593. The summed E-state index contributed by atoms with van der Waals surface area (Å²) in [5.74, 6) is 0.593. The van der Waals surface area contributed by atoms with E-state index in [1.165, 1.54) is 24.1 Å². The molecule has 0 unspecified atom stereocenters. The van der Waals surface area contributed by atoms with Gasteiger partial charge in [0.1, 0.15) is 0 Å². The van der Waals surface area contributed by atoms with Crippen LogP contribution >= 0.6 is 11.6 Å². The second-order valence-corrected chi connectivity index (χ2v) is 3.85. The molecular formula is C10H12ClN. The molecule has 1 atom stereocenters. The lowest BCUT2D eigenvalue weighted by Gasteiger charge is -2.21. The van der Waals surface area contributed by atoms with Crippen LogP contribution in [0.25, 0.3) is 0 Å². The Bertz CT molecular complexity index is 296. The van der Waals surface area contributed by atoms with Gasteiger partial charge in [-0.1, -0.05) is 18.5 Å². The normalized spacial score (nSPS) is 22.0. The van der Waals surface area contributed by atoms with Gasteiger partial charge in [0.15, 0.2) is 0 Å². The molecule has 2 rings (SSSR count). The summed E-state index contributed by atoms with van der Waals surface area (Å²) in [4.78, 5) is 4.35. The molecule has 0 saturated carbocycles. The number of nitrogens with zero attached hydrogens (tertiary/aromatic N) is 1. The zero-order chi connectivity index (χ0) is 8.55. The van der Waals surface area contributed by atoms with Crippen LogP contribution in [0.3, 0.4) is 0 Å². The van der Waals surface area contributed by atoms with E-state index in [1.807, 2.05) is 6.07 Å². The summed E-state index contributed by atoms with van der Waals surface area (Å²) in [5, 5.41) is 0.896. The van der Waals surface area contributed by atoms with E-state index in [0.29, 0.717) is 5.92 Å². The minimum Gasteiger partial charge on any atom is -0.261 e. The molecule has 0 aliphatic heterocycles. The number of halogens is 1. The van der Waals surface area contributed by atoms with Gasteiger partial charge in [0.25, 0.3) is 0 Å². The summed E-state index contributed by atoms with van der Waals surface area (Å²) >= 11 is 6.10. The van der Waals surface area contributed by atoms with Crippen LogP contribution in [0.5, 0.6) is 0 Å². The summed E-state index contributed by atoms with van der Waals surface area (Å²) in [6.07, 6.45) is 5.40. The van der Waals surface area contributed by atoms with Crippen molar-refractivity contribution in [1.29, 1.82) is 0 Å². The van der Waals surface area contributed by atoms with Gasteiger partial charge in [0, 0.05) is 16.9 Å². The van der Waals surface area contributed by atoms with Gasteiger partial charge in [0.05, 0.1) is 0 Å². The molecule has 0 fully saturated rings. The van der Waals surface area contributed by atoms with Crippen LogP contribution in [0.4, 0.5) is 0 Å². The fourth-order valence-electron chi connectivity index (χ4n) is 1.93. The Morgan fingerprint density at radius 1 is 1.58 bits per heavy atom. The summed E-state index contributed by atoms with van der Waals surface area (Å²) in [6, 6.07) is 1.89. The number of aryl methyl sites for hydroxylation is 1. The van der Waals surface area contributed by atoms with Gasteiger partial charge in [0.2, 0.25) is 0 Å². The van der Waals surface area contributed by atoms with Crippen LogP contribution in [0.2, 0.25) is 5.02 Å². The van der Waals surface area contributed by atoms with Crippen molar-refractivity contribution in [3.8, 4) is 0 Å². The van der Waals surface area contributed by atoms with E-state index in [0.717, 1.165) is 11.4 Å². The predicted octanol–water partition coefficient (Wildman–Crippen LogP) is 3.17. The summed E-state index contributed by atoms with van der Waals surface area (Å²) in [6.45, 7) is 2.23. The van der Waals surface area contributed by atoms with Gasteiger partial charge in [-0.05, 0) is 36.8 Å². The standard InChI is InChI=1S/C10H12ClN/c1-7-3-2-4-9-10(7)8(11)5-6-12-9/h5-7H,2-4H2,1H3/t7-/m0/s1. The third kappa shape index (κ3) is 1.22. The number of hydrogen-bond donors (Lipinski definition) is 0. The third-order valence-electron chi connectivity index (χ3n) is 2.56. The molecule has 1 aliphatic rings. The lowest BCUT2D eigenvalue weighted by atomic mass is 9.87. The summed E-state index contributed by atoms with van der Waals surface area (Å²) in [7, 11) is 0. The first-order valence-electron chi connectivity index (χ1n) is 4.42. The van der Waals surface area contributed by atoms with Crippen molar-refractivity contribution >= 4 is 11.6 Å². The number of hydrogen-bond acceptors (Lipinski definition) is 1. The molecule has 1 nitrogen and oxygen atoms in total. The Balaban J connectivity index is 2.53. The topological polar surface area (TPSA) is 12.9 Å². The fraction of sp³-hybridized carbons (Fsp3) is 0.500. The van der Waals surface area contributed by atoms with Crippen LogP contribution < -0.4 is 0 Å². The Morgan fingerprint density at radius 3 is 3.17 bits per heavy atom. The van der Waals surface area contributed by atoms with Gasteiger partial charge in [-0.25, -0.2) is 0 Å². The van der Waals surface area contributed by atoms with Crippen LogP contribution in [0.15, 0.2) is 12.3 Å². The molecular weight excluding hydrogens is 170 g/mol. The van der Waals surface area contributed by atoms with E-state index in [2.05, 4.69) is 11.9 Å². The van der Waals surface area contributed by atoms with Crippen molar-refractivity contribution in [3.05, 3.63) is 28.5 Å². The molecule has 64 valence electrons. The predicted molar refractivity (Wildman–Crippen MR) is 50.6 cm³/mol. The van der Waals surface area contributed by atoms with Crippen molar-refractivity contribution in [2.24, 2.45) is 0 Å². The molecule has 0 aromatic carbocycles. The lowest BCUT2D eigenvalue weighted by molar-refractivity contribution is 0.579. The molecule has 1 heterocycles. The van der Waals surface area contributed by atoms with Crippen molar-refractivity contribution in [2.75, 3.05) is 0 Å². The Morgan fingerprint density at radius 2 is 2.42 bits per heavy atom. The van der Waals surface area contributed by atoms with Gasteiger partial charge < -0.3 is 0 Å². The number of aromatic nitrogens is 1. The van der Waals surface area contributed by atoms with E-state index >= 15 is 0 Å². The molecule has 0 saturated heterocycles. The van der Waals surface area contributed by atoms with Crippen LogP contribution in [-0.4, -0.2) is 4.98 Å². The van der Waals surface area contributed by atoms with E-state index in [-0.39, 0.29) is 0 Å². The molecule has 0 amide bonds. The Kier molecular flexibility index (Phi) is 2.05. The van der Waals surface area contributed by atoms with E-state index in [4.69, 9.17) is 11.6 Å². The first kappa shape index (κ1) is 8.06. The molecule has 2 heteroatoms. The summed E-state index contributed by atoms with van der Waals surface area (Å²) < 4.78 is 0. The first-order chi connectivity index (χ1) is 5.79. The highest BCUT2D eigenvalue weighted by atomic mass is 35.5. The fourth-order valence-corrected chi connectivity index (χ4v) is 2.28. The Hall–Kier alpha value is -0.560. The Labute approximate surface area is 77.8 Å². The van der Waals surface area contributed by atoms with E-state index < -0.39 is 0 Å². The highest BCUT2D eigenvalue weighted by Gasteiger charge is 2.19. The van der Waals surface area contributed by atoms with Crippen LogP contribution in [0.1, 0.15) is 36.9 Å². The van der Waals surface area contributed by atoms with Gasteiger partial charge in [-0.15, -0.1) is 0 Å². The van der Waals surface area contributed by atoms with Gasteiger partial charge >= 0.3 is 0 Å². The zero-order valence-electron chi connectivity index (χ0n) is 7.18. The van der Waals surface area contributed by atoms with Crippen LogP contribution in [-0.2, 0) is 6.42 Å².